The quantitative estimate of drug-likeness (QED) is 0.810. The molecule has 0 bridgehead atoms. The average molecular weight is 260 g/mol. The predicted octanol–water partition coefficient (Wildman–Crippen LogP) is 3.25. The molecule has 96 valence electrons. The van der Waals surface area contributed by atoms with Gasteiger partial charge in [-0.3, -0.25) is 4.98 Å². The number of rotatable bonds is 6. The number of nitrogens with two attached hydrogens (primary N) is 1. The van der Waals surface area contributed by atoms with Gasteiger partial charge in [-0.2, -0.15) is 11.8 Å². The van der Waals surface area contributed by atoms with E-state index in [1.54, 1.807) is 0 Å². The van der Waals surface area contributed by atoms with Gasteiger partial charge in [0.15, 0.2) is 0 Å². The van der Waals surface area contributed by atoms with Gasteiger partial charge in [-0.05, 0) is 24.3 Å². The molecule has 1 unspecified atom stereocenters. The smallest absolute Gasteiger partial charge is 0.0705 e. The van der Waals surface area contributed by atoms with Crippen molar-refractivity contribution in [3.63, 3.8) is 0 Å². The van der Waals surface area contributed by atoms with E-state index in [1.165, 1.54) is 17.6 Å². The third-order valence-corrected chi connectivity index (χ3v) is 4.17. The zero-order valence-electron chi connectivity index (χ0n) is 10.8. The van der Waals surface area contributed by atoms with Gasteiger partial charge in [-0.15, -0.1) is 0 Å². The molecule has 0 fully saturated rings. The SMILES string of the molecule is CCCSCC(N)Cc1ccc2ccccc2n1. The van der Waals surface area contributed by atoms with E-state index in [-0.39, 0.29) is 6.04 Å². The molecule has 2 aromatic rings. The van der Waals surface area contributed by atoms with E-state index in [2.05, 4.69) is 36.2 Å². The summed E-state index contributed by atoms with van der Waals surface area (Å²) in [7, 11) is 0. The number of para-hydroxylation sites is 1. The largest absolute Gasteiger partial charge is 0.327 e. The van der Waals surface area contributed by atoms with Crippen molar-refractivity contribution in [2.24, 2.45) is 5.73 Å². The van der Waals surface area contributed by atoms with Gasteiger partial charge in [-0.25, -0.2) is 0 Å². The summed E-state index contributed by atoms with van der Waals surface area (Å²) in [6, 6.07) is 12.6. The van der Waals surface area contributed by atoms with Crippen LogP contribution in [0.4, 0.5) is 0 Å². The first-order chi connectivity index (χ1) is 8.79. The molecule has 2 nitrogen and oxygen atoms in total. The highest BCUT2D eigenvalue weighted by atomic mass is 32.2. The lowest BCUT2D eigenvalue weighted by Gasteiger charge is -2.10. The minimum atomic E-state index is 0.204. The predicted molar refractivity (Wildman–Crippen MR) is 81.0 cm³/mol. The first-order valence-electron chi connectivity index (χ1n) is 6.47. The van der Waals surface area contributed by atoms with Crippen LogP contribution in [0.5, 0.6) is 0 Å². The van der Waals surface area contributed by atoms with Crippen LogP contribution in [0.25, 0.3) is 10.9 Å². The van der Waals surface area contributed by atoms with Crippen molar-refractivity contribution in [1.82, 2.24) is 4.98 Å². The van der Waals surface area contributed by atoms with E-state index in [4.69, 9.17) is 5.73 Å². The van der Waals surface area contributed by atoms with Crippen LogP contribution in [-0.4, -0.2) is 22.5 Å². The van der Waals surface area contributed by atoms with Crippen LogP contribution in [0.1, 0.15) is 19.0 Å². The Balaban J connectivity index is 1.98. The van der Waals surface area contributed by atoms with E-state index in [1.807, 2.05) is 23.9 Å². The Hall–Kier alpha value is -1.06. The number of aromatic nitrogens is 1. The van der Waals surface area contributed by atoms with Gasteiger partial charge < -0.3 is 5.73 Å². The lowest BCUT2D eigenvalue weighted by Crippen LogP contribution is -2.26. The van der Waals surface area contributed by atoms with E-state index < -0.39 is 0 Å². The molecule has 2 N–H and O–H groups in total. The first kappa shape index (κ1) is 13.4. The number of thioether (sulfide) groups is 1. The highest BCUT2D eigenvalue weighted by Gasteiger charge is 2.06. The molecule has 1 heterocycles. The van der Waals surface area contributed by atoms with Crippen molar-refractivity contribution in [3.8, 4) is 0 Å². The van der Waals surface area contributed by atoms with Crippen LogP contribution in [0.3, 0.4) is 0 Å². The van der Waals surface area contributed by atoms with Crippen LogP contribution in [0.2, 0.25) is 0 Å². The van der Waals surface area contributed by atoms with Crippen LogP contribution >= 0.6 is 11.8 Å². The number of pyridine rings is 1. The molecule has 0 spiro atoms. The van der Waals surface area contributed by atoms with E-state index in [0.29, 0.717) is 0 Å². The third-order valence-electron chi connectivity index (χ3n) is 2.81. The highest BCUT2D eigenvalue weighted by Crippen LogP contribution is 2.13. The van der Waals surface area contributed by atoms with Gasteiger partial charge >= 0.3 is 0 Å². The van der Waals surface area contributed by atoms with Gasteiger partial charge in [0.05, 0.1) is 5.52 Å². The minimum absolute atomic E-state index is 0.204. The van der Waals surface area contributed by atoms with Crippen molar-refractivity contribution in [3.05, 3.63) is 42.1 Å². The second-order valence-corrected chi connectivity index (χ2v) is 5.68. The standard InChI is InChI=1S/C15H20N2S/c1-2-9-18-11-13(16)10-14-8-7-12-5-3-4-6-15(12)17-14/h3-8,13H,2,9-11,16H2,1H3. The van der Waals surface area contributed by atoms with Crippen LogP contribution in [0, 0.1) is 0 Å². The van der Waals surface area contributed by atoms with Crippen molar-refractivity contribution in [1.29, 1.82) is 0 Å². The fraction of sp³-hybridized carbons (Fsp3) is 0.400. The molecule has 0 aliphatic heterocycles. The maximum absolute atomic E-state index is 6.13. The molecule has 1 aromatic heterocycles. The van der Waals surface area contributed by atoms with Gasteiger partial charge in [0.2, 0.25) is 0 Å². The molecule has 3 heteroatoms. The summed E-state index contributed by atoms with van der Waals surface area (Å²) in [5.41, 5.74) is 8.28. The van der Waals surface area contributed by atoms with Crippen molar-refractivity contribution in [2.75, 3.05) is 11.5 Å². The van der Waals surface area contributed by atoms with E-state index >= 15 is 0 Å². The Labute approximate surface area is 113 Å². The van der Waals surface area contributed by atoms with Crippen molar-refractivity contribution < 1.29 is 0 Å². The Morgan fingerprint density at radius 2 is 2.06 bits per heavy atom. The molecule has 1 aromatic carbocycles. The molecule has 0 saturated heterocycles. The van der Waals surface area contributed by atoms with Gasteiger partial charge in [0.1, 0.15) is 0 Å². The molecule has 0 radical (unpaired) electrons. The lowest BCUT2D eigenvalue weighted by atomic mass is 10.1. The molecule has 0 saturated carbocycles. The second kappa shape index (κ2) is 6.76. The Kier molecular flexibility index (Phi) is 5.02. The van der Waals surface area contributed by atoms with E-state index in [0.717, 1.165) is 23.4 Å². The van der Waals surface area contributed by atoms with E-state index in [9.17, 15) is 0 Å². The zero-order chi connectivity index (χ0) is 12.8. The third kappa shape index (κ3) is 3.72. The lowest BCUT2D eigenvalue weighted by molar-refractivity contribution is 0.734. The molecule has 1 atom stereocenters. The summed E-state index contributed by atoms with van der Waals surface area (Å²) < 4.78 is 0. The molecule has 0 aliphatic carbocycles. The Morgan fingerprint density at radius 3 is 2.89 bits per heavy atom. The monoisotopic (exact) mass is 260 g/mol. The first-order valence-corrected chi connectivity index (χ1v) is 7.63. The summed E-state index contributed by atoms with van der Waals surface area (Å²) in [5, 5.41) is 1.19. The number of nitrogens with zero attached hydrogens (tertiary/aromatic N) is 1. The number of fused-ring (bicyclic) bond motifs is 1. The maximum atomic E-state index is 6.13. The summed E-state index contributed by atoms with van der Waals surface area (Å²) in [6.45, 7) is 2.20. The fourth-order valence-electron chi connectivity index (χ4n) is 1.93. The molecule has 18 heavy (non-hydrogen) atoms. The number of hydrogen-bond acceptors (Lipinski definition) is 3. The van der Waals surface area contributed by atoms with Crippen molar-refractivity contribution in [2.45, 2.75) is 25.8 Å². The summed E-state index contributed by atoms with van der Waals surface area (Å²) in [5.74, 6) is 2.21. The average Bonchev–Trinajstić information content (AvgIpc) is 2.39. The minimum Gasteiger partial charge on any atom is -0.327 e. The summed E-state index contributed by atoms with van der Waals surface area (Å²) >= 11 is 1.93. The topological polar surface area (TPSA) is 38.9 Å². The van der Waals surface area contributed by atoms with Gasteiger partial charge in [-0.1, -0.05) is 31.2 Å². The summed E-state index contributed by atoms with van der Waals surface area (Å²) in [4.78, 5) is 4.65. The highest BCUT2D eigenvalue weighted by molar-refractivity contribution is 7.99. The Bertz CT molecular complexity index is 499. The van der Waals surface area contributed by atoms with Crippen molar-refractivity contribution >= 4 is 22.7 Å². The van der Waals surface area contributed by atoms with Gasteiger partial charge in [0, 0.05) is 29.3 Å². The molecular weight excluding hydrogens is 240 g/mol. The van der Waals surface area contributed by atoms with Crippen LogP contribution < -0.4 is 5.73 Å². The number of benzene rings is 1. The zero-order valence-corrected chi connectivity index (χ0v) is 11.6. The molecule has 0 aliphatic rings. The van der Waals surface area contributed by atoms with Gasteiger partial charge in [0.25, 0.3) is 0 Å². The fourth-order valence-corrected chi connectivity index (χ4v) is 2.80. The molecule has 2 rings (SSSR count). The Morgan fingerprint density at radius 1 is 1.22 bits per heavy atom. The van der Waals surface area contributed by atoms with Crippen LogP contribution in [0.15, 0.2) is 36.4 Å². The number of hydrogen-bond donors (Lipinski definition) is 1. The maximum Gasteiger partial charge on any atom is 0.0705 e. The normalized spacial score (nSPS) is 12.8. The summed E-state index contributed by atoms with van der Waals surface area (Å²) in [6.07, 6.45) is 2.08. The van der Waals surface area contributed by atoms with Crippen LogP contribution in [-0.2, 0) is 6.42 Å². The molecule has 0 amide bonds. The molecular formula is C15H20N2S. The second-order valence-electron chi connectivity index (χ2n) is 4.53.